The van der Waals surface area contributed by atoms with Crippen LogP contribution in [0, 0.1) is 0 Å². The number of likely N-dealkylation sites (N-methyl/N-ethyl adjacent to an activating group) is 1. The Balaban J connectivity index is 1.89. The van der Waals surface area contributed by atoms with Gasteiger partial charge in [0, 0.05) is 32.7 Å². The van der Waals surface area contributed by atoms with E-state index in [1.165, 1.54) is 6.42 Å². The maximum absolute atomic E-state index is 12.0. The van der Waals surface area contributed by atoms with E-state index in [4.69, 9.17) is 0 Å². The van der Waals surface area contributed by atoms with Crippen molar-refractivity contribution in [3.8, 4) is 0 Å². The highest BCUT2D eigenvalue weighted by molar-refractivity contribution is 5.93. The molecule has 0 saturated carbocycles. The molecule has 19 heavy (non-hydrogen) atoms. The number of hydrogen-bond acceptors (Lipinski definition) is 4. The van der Waals surface area contributed by atoms with E-state index < -0.39 is 0 Å². The standard InChI is InChI=1S/C14H20N4O/c1-3-7-15-14(19)11-4-5-12-13(16-11)17(2)10-6-8-18(12)9-10/h4-5,10H,3,6-9H2,1-2H3,(H,15,19). The Bertz CT molecular complexity index is 502. The van der Waals surface area contributed by atoms with Gasteiger partial charge < -0.3 is 15.1 Å². The summed E-state index contributed by atoms with van der Waals surface area (Å²) >= 11 is 0. The van der Waals surface area contributed by atoms with E-state index in [9.17, 15) is 4.79 Å². The Kier molecular flexibility index (Phi) is 3.05. The number of carbonyl (C=O) groups excluding carboxylic acids is 1. The number of hydrogen-bond donors (Lipinski definition) is 1. The van der Waals surface area contributed by atoms with Crippen molar-refractivity contribution in [3.63, 3.8) is 0 Å². The number of amides is 1. The van der Waals surface area contributed by atoms with Gasteiger partial charge in [0.1, 0.15) is 5.69 Å². The molecule has 2 aliphatic rings. The van der Waals surface area contributed by atoms with Crippen LogP contribution in [0.3, 0.4) is 0 Å². The number of nitrogens with zero attached hydrogens (tertiary/aromatic N) is 3. The van der Waals surface area contributed by atoms with Gasteiger partial charge in [0.25, 0.3) is 5.91 Å². The normalized spacial score (nSPS) is 20.4. The molecule has 1 aromatic rings. The zero-order chi connectivity index (χ0) is 13.4. The zero-order valence-corrected chi connectivity index (χ0v) is 11.5. The Hall–Kier alpha value is -1.78. The van der Waals surface area contributed by atoms with Gasteiger partial charge in [0.05, 0.1) is 5.69 Å². The van der Waals surface area contributed by atoms with Crippen molar-refractivity contribution < 1.29 is 4.79 Å². The molecule has 1 aromatic heterocycles. The van der Waals surface area contributed by atoms with Crippen molar-refractivity contribution in [1.29, 1.82) is 0 Å². The maximum atomic E-state index is 12.0. The molecule has 2 aliphatic heterocycles. The predicted molar refractivity (Wildman–Crippen MR) is 75.9 cm³/mol. The van der Waals surface area contributed by atoms with Crippen LogP contribution in [0.2, 0.25) is 0 Å². The van der Waals surface area contributed by atoms with Gasteiger partial charge >= 0.3 is 0 Å². The van der Waals surface area contributed by atoms with Crippen LogP contribution < -0.4 is 15.1 Å². The highest BCUT2D eigenvalue weighted by Crippen LogP contribution is 2.37. The summed E-state index contributed by atoms with van der Waals surface area (Å²) in [4.78, 5) is 21.1. The van der Waals surface area contributed by atoms with Crippen LogP contribution in [0.4, 0.5) is 11.5 Å². The number of pyridine rings is 1. The molecule has 5 heteroatoms. The highest BCUT2D eigenvalue weighted by Gasteiger charge is 2.35. The van der Waals surface area contributed by atoms with Gasteiger partial charge in [-0.05, 0) is 25.0 Å². The molecule has 3 heterocycles. The Morgan fingerprint density at radius 1 is 1.53 bits per heavy atom. The van der Waals surface area contributed by atoms with E-state index in [0.29, 0.717) is 18.3 Å². The summed E-state index contributed by atoms with van der Waals surface area (Å²) in [5.41, 5.74) is 1.67. The Labute approximate surface area is 113 Å². The second-order valence-corrected chi connectivity index (χ2v) is 5.29. The van der Waals surface area contributed by atoms with E-state index in [1.54, 1.807) is 0 Å². The molecule has 1 amide bonds. The number of fused-ring (bicyclic) bond motifs is 4. The molecule has 0 spiro atoms. The third kappa shape index (κ3) is 2.03. The fraction of sp³-hybridized carbons (Fsp3) is 0.571. The SMILES string of the molecule is CCCNC(=O)c1ccc2c(n1)N(C)C1CCN2C1. The molecule has 0 aliphatic carbocycles. The molecular weight excluding hydrogens is 240 g/mol. The molecule has 102 valence electrons. The summed E-state index contributed by atoms with van der Waals surface area (Å²) in [6.07, 6.45) is 2.11. The van der Waals surface area contributed by atoms with Gasteiger partial charge in [0.2, 0.25) is 0 Å². The van der Waals surface area contributed by atoms with Crippen molar-refractivity contribution >= 4 is 17.4 Å². The maximum Gasteiger partial charge on any atom is 0.269 e. The molecule has 3 rings (SSSR count). The van der Waals surface area contributed by atoms with Crippen molar-refractivity contribution in [2.75, 3.05) is 36.5 Å². The molecule has 1 saturated heterocycles. The Morgan fingerprint density at radius 2 is 2.37 bits per heavy atom. The number of carbonyl (C=O) groups is 1. The first-order chi connectivity index (χ1) is 9.20. The van der Waals surface area contributed by atoms with Gasteiger partial charge in [-0.1, -0.05) is 6.92 Å². The van der Waals surface area contributed by atoms with Crippen molar-refractivity contribution in [2.45, 2.75) is 25.8 Å². The molecule has 1 N–H and O–H groups in total. The second-order valence-electron chi connectivity index (χ2n) is 5.29. The second kappa shape index (κ2) is 4.72. The fourth-order valence-corrected chi connectivity index (χ4v) is 2.85. The smallest absolute Gasteiger partial charge is 0.269 e. The van der Waals surface area contributed by atoms with Crippen LogP contribution in [0.25, 0.3) is 0 Å². The van der Waals surface area contributed by atoms with E-state index in [2.05, 4.69) is 27.1 Å². The zero-order valence-electron chi connectivity index (χ0n) is 11.5. The summed E-state index contributed by atoms with van der Waals surface area (Å²) in [5.74, 6) is 0.865. The molecule has 1 unspecified atom stereocenters. The van der Waals surface area contributed by atoms with Gasteiger partial charge in [-0.15, -0.1) is 0 Å². The van der Waals surface area contributed by atoms with Gasteiger partial charge in [-0.3, -0.25) is 4.79 Å². The minimum atomic E-state index is -0.0778. The quantitative estimate of drug-likeness (QED) is 0.888. The lowest BCUT2D eigenvalue weighted by atomic mass is 10.2. The first-order valence-electron chi connectivity index (χ1n) is 6.97. The molecule has 1 atom stereocenters. The van der Waals surface area contributed by atoms with E-state index >= 15 is 0 Å². The van der Waals surface area contributed by atoms with Crippen LogP contribution in [0.5, 0.6) is 0 Å². The molecular formula is C14H20N4O. The van der Waals surface area contributed by atoms with Crippen molar-refractivity contribution in [2.24, 2.45) is 0 Å². The lowest BCUT2D eigenvalue weighted by Crippen LogP contribution is -2.40. The first kappa shape index (κ1) is 12.3. The third-order valence-electron chi connectivity index (χ3n) is 4.01. The minimum absolute atomic E-state index is 0.0778. The van der Waals surface area contributed by atoms with Gasteiger partial charge in [-0.25, -0.2) is 4.98 Å². The van der Waals surface area contributed by atoms with Crippen molar-refractivity contribution in [3.05, 3.63) is 17.8 Å². The monoisotopic (exact) mass is 260 g/mol. The number of aromatic nitrogens is 1. The average Bonchev–Trinajstić information content (AvgIpc) is 2.88. The lowest BCUT2D eigenvalue weighted by molar-refractivity contribution is 0.0949. The molecule has 2 bridgehead atoms. The lowest BCUT2D eigenvalue weighted by Gasteiger charge is -2.34. The number of rotatable bonds is 3. The minimum Gasteiger partial charge on any atom is -0.366 e. The molecule has 5 nitrogen and oxygen atoms in total. The summed E-state index contributed by atoms with van der Waals surface area (Å²) < 4.78 is 0. The fourth-order valence-electron chi connectivity index (χ4n) is 2.85. The van der Waals surface area contributed by atoms with Crippen molar-refractivity contribution in [1.82, 2.24) is 10.3 Å². The highest BCUT2D eigenvalue weighted by atomic mass is 16.1. The van der Waals surface area contributed by atoms with Gasteiger partial charge in [0.15, 0.2) is 5.82 Å². The van der Waals surface area contributed by atoms with Gasteiger partial charge in [-0.2, -0.15) is 0 Å². The van der Waals surface area contributed by atoms with E-state index in [1.807, 2.05) is 19.1 Å². The van der Waals surface area contributed by atoms with E-state index in [-0.39, 0.29) is 5.91 Å². The predicted octanol–water partition coefficient (Wildman–Crippen LogP) is 1.25. The summed E-state index contributed by atoms with van der Waals surface area (Å²) in [7, 11) is 2.08. The summed E-state index contributed by atoms with van der Waals surface area (Å²) in [6.45, 7) is 4.90. The molecule has 0 radical (unpaired) electrons. The van der Waals surface area contributed by atoms with Crippen LogP contribution in [0.15, 0.2) is 12.1 Å². The topological polar surface area (TPSA) is 48.5 Å². The van der Waals surface area contributed by atoms with Crippen LogP contribution in [-0.4, -0.2) is 43.6 Å². The third-order valence-corrected chi connectivity index (χ3v) is 4.01. The number of nitrogens with one attached hydrogen (secondary N) is 1. The van der Waals surface area contributed by atoms with Crippen LogP contribution in [0.1, 0.15) is 30.3 Å². The first-order valence-corrected chi connectivity index (χ1v) is 6.97. The summed E-state index contributed by atoms with van der Waals surface area (Å²) in [6, 6.07) is 4.39. The molecule has 1 fully saturated rings. The summed E-state index contributed by atoms with van der Waals surface area (Å²) in [5, 5.41) is 2.87. The Morgan fingerprint density at radius 3 is 3.16 bits per heavy atom. The van der Waals surface area contributed by atoms with Crippen LogP contribution >= 0.6 is 0 Å². The largest absolute Gasteiger partial charge is 0.366 e. The average molecular weight is 260 g/mol. The number of anilines is 2. The molecule has 0 aromatic carbocycles. The van der Waals surface area contributed by atoms with Crippen LogP contribution in [-0.2, 0) is 0 Å². The van der Waals surface area contributed by atoms with E-state index in [0.717, 1.165) is 31.0 Å².